The third-order valence-corrected chi connectivity index (χ3v) is 7.56. The number of anilines is 1. The Bertz CT molecular complexity index is 1580. The van der Waals surface area contributed by atoms with Crippen molar-refractivity contribution >= 4 is 22.6 Å². The predicted octanol–water partition coefficient (Wildman–Crippen LogP) is 4.52. The molecule has 2 aliphatic rings. The first-order valence-corrected chi connectivity index (χ1v) is 12.7. The summed E-state index contributed by atoms with van der Waals surface area (Å²) in [5, 5.41) is 18.2. The number of rotatable bonds is 7. The Morgan fingerprint density at radius 2 is 2.21 bits per heavy atom. The van der Waals surface area contributed by atoms with Crippen LogP contribution in [0.2, 0.25) is 0 Å². The van der Waals surface area contributed by atoms with Crippen LogP contribution in [-0.4, -0.2) is 43.2 Å². The number of nitrogens with zero attached hydrogens (tertiary/aromatic N) is 6. The van der Waals surface area contributed by atoms with Gasteiger partial charge in [-0.15, -0.1) is 0 Å². The molecule has 1 fully saturated rings. The number of fused-ring (bicyclic) bond motifs is 1. The number of carbonyl (C=O) groups is 1. The second-order valence-electron chi connectivity index (χ2n) is 10.2. The smallest absolute Gasteiger partial charge is 0.251 e. The third-order valence-electron chi connectivity index (χ3n) is 7.56. The molecule has 1 unspecified atom stereocenters. The van der Waals surface area contributed by atoms with Gasteiger partial charge in [0.25, 0.3) is 5.91 Å². The largest absolute Gasteiger partial charge is 0.349 e. The molecule has 192 valence electrons. The minimum Gasteiger partial charge on any atom is -0.349 e. The van der Waals surface area contributed by atoms with Crippen LogP contribution in [0.25, 0.3) is 22.3 Å². The van der Waals surface area contributed by atoms with Crippen LogP contribution in [0.1, 0.15) is 43.0 Å². The maximum atomic E-state index is 15.3. The van der Waals surface area contributed by atoms with Crippen molar-refractivity contribution in [3.05, 3.63) is 72.8 Å². The van der Waals surface area contributed by atoms with Crippen LogP contribution in [0.5, 0.6) is 0 Å². The van der Waals surface area contributed by atoms with Crippen LogP contribution in [-0.2, 0) is 5.54 Å². The number of aromatic nitrogens is 5. The molecule has 0 spiro atoms. The molecule has 0 radical (unpaired) electrons. The Kier molecular flexibility index (Phi) is 5.91. The monoisotopic (exact) mass is 510 g/mol. The van der Waals surface area contributed by atoms with Gasteiger partial charge >= 0.3 is 0 Å². The highest BCUT2D eigenvalue weighted by atomic mass is 19.1. The highest BCUT2D eigenvalue weighted by Crippen LogP contribution is 2.36. The van der Waals surface area contributed by atoms with Gasteiger partial charge in [0.05, 0.1) is 35.6 Å². The zero-order valence-electron chi connectivity index (χ0n) is 20.9. The molecule has 4 heterocycles. The summed E-state index contributed by atoms with van der Waals surface area (Å²) in [5.41, 5.74) is 2.20. The highest BCUT2D eigenvalue weighted by molar-refractivity contribution is 5.95. The fourth-order valence-corrected chi connectivity index (χ4v) is 5.21. The Morgan fingerprint density at radius 1 is 1.34 bits per heavy atom. The van der Waals surface area contributed by atoms with Crippen LogP contribution in [0, 0.1) is 23.1 Å². The van der Waals surface area contributed by atoms with Crippen molar-refractivity contribution < 1.29 is 9.18 Å². The van der Waals surface area contributed by atoms with Crippen LogP contribution in [0.15, 0.2) is 61.5 Å². The van der Waals surface area contributed by atoms with E-state index in [9.17, 15) is 10.1 Å². The van der Waals surface area contributed by atoms with Crippen LogP contribution >= 0.6 is 0 Å². The van der Waals surface area contributed by atoms with Gasteiger partial charge in [0, 0.05) is 47.7 Å². The number of aromatic amines is 1. The van der Waals surface area contributed by atoms with E-state index in [1.807, 2.05) is 37.7 Å². The topological polar surface area (TPSA) is 116 Å². The van der Waals surface area contributed by atoms with Gasteiger partial charge in [-0.1, -0.05) is 6.08 Å². The molecular weight excluding hydrogens is 483 g/mol. The minimum absolute atomic E-state index is 0.0801. The van der Waals surface area contributed by atoms with Gasteiger partial charge in [0.15, 0.2) is 0 Å². The molecule has 10 heteroatoms. The van der Waals surface area contributed by atoms with Crippen molar-refractivity contribution in [1.82, 2.24) is 30.0 Å². The second-order valence-corrected chi connectivity index (χ2v) is 10.2. The molecule has 1 amide bonds. The van der Waals surface area contributed by atoms with Crippen molar-refractivity contribution in [2.75, 3.05) is 11.4 Å². The number of nitrogens with one attached hydrogen (secondary N) is 2. The molecule has 1 aliphatic heterocycles. The molecule has 2 atom stereocenters. The van der Waals surface area contributed by atoms with Crippen LogP contribution in [0.3, 0.4) is 0 Å². The van der Waals surface area contributed by atoms with Gasteiger partial charge in [-0.05, 0) is 56.4 Å². The molecule has 0 saturated heterocycles. The first kappa shape index (κ1) is 23.9. The lowest BCUT2D eigenvalue weighted by molar-refractivity contribution is 0.0935. The van der Waals surface area contributed by atoms with E-state index >= 15 is 4.39 Å². The summed E-state index contributed by atoms with van der Waals surface area (Å²) in [7, 11) is 0. The van der Waals surface area contributed by atoms with E-state index in [0.717, 1.165) is 35.1 Å². The lowest BCUT2D eigenvalue weighted by atomic mass is 9.88. The first-order chi connectivity index (χ1) is 18.5. The van der Waals surface area contributed by atoms with Crippen molar-refractivity contribution in [1.29, 1.82) is 5.26 Å². The van der Waals surface area contributed by atoms with Crippen LogP contribution < -0.4 is 10.2 Å². The van der Waals surface area contributed by atoms with Crippen molar-refractivity contribution in [3.63, 3.8) is 0 Å². The molecular formula is C28H27FN8O. The Morgan fingerprint density at radius 3 is 3.00 bits per heavy atom. The van der Waals surface area contributed by atoms with E-state index in [1.165, 1.54) is 12.4 Å². The second kappa shape index (κ2) is 9.41. The average molecular weight is 511 g/mol. The number of amides is 1. The zero-order valence-corrected chi connectivity index (χ0v) is 20.9. The van der Waals surface area contributed by atoms with E-state index in [0.29, 0.717) is 30.1 Å². The molecule has 4 aromatic rings. The van der Waals surface area contributed by atoms with E-state index < -0.39 is 11.4 Å². The molecule has 0 bridgehead atoms. The third kappa shape index (κ3) is 4.30. The highest BCUT2D eigenvalue weighted by Gasteiger charge is 2.37. The van der Waals surface area contributed by atoms with Gasteiger partial charge in [0.1, 0.15) is 17.8 Å². The van der Waals surface area contributed by atoms with Crippen molar-refractivity contribution in [2.45, 2.75) is 44.2 Å². The van der Waals surface area contributed by atoms with Crippen LogP contribution in [0.4, 0.5) is 10.1 Å². The van der Waals surface area contributed by atoms with Gasteiger partial charge in [0.2, 0.25) is 0 Å². The predicted molar refractivity (Wildman–Crippen MR) is 140 cm³/mol. The summed E-state index contributed by atoms with van der Waals surface area (Å²) in [5.74, 6) is -0.250. The maximum absolute atomic E-state index is 15.3. The summed E-state index contributed by atoms with van der Waals surface area (Å²) in [6.07, 6.45) is 13.6. The number of halogens is 1. The minimum atomic E-state index is -0.714. The number of H-pyrrole nitrogens is 1. The summed E-state index contributed by atoms with van der Waals surface area (Å²) >= 11 is 0. The lowest BCUT2D eigenvalue weighted by Gasteiger charge is -2.39. The van der Waals surface area contributed by atoms with E-state index in [1.54, 1.807) is 27.9 Å². The van der Waals surface area contributed by atoms with E-state index in [2.05, 4.69) is 31.4 Å². The Hall–Kier alpha value is -4.52. The molecule has 1 aromatic carbocycles. The van der Waals surface area contributed by atoms with Gasteiger partial charge in [-0.25, -0.2) is 14.4 Å². The summed E-state index contributed by atoms with van der Waals surface area (Å²) in [6.45, 7) is 2.32. The Balaban J connectivity index is 1.27. The number of benzene rings is 1. The first-order valence-electron chi connectivity index (χ1n) is 12.7. The van der Waals surface area contributed by atoms with E-state index in [4.69, 9.17) is 0 Å². The number of allylic oxidation sites excluding steroid dienone is 1. The van der Waals surface area contributed by atoms with Gasteiger partial charge < -0.3 is 15.2 Å². The summed E-state index contributed by atoms with van der Waals surface area (Å²) < 4.78 is 17.1. The molecule has 38 heavy (non-hydrogen) atoms. The summed E-state index contributed by atoms with van der Waals surface area (Å²) in [4.78, 5) is 26.2. The molecule has 3 aromatic heterocycles. The van der Waals surface area contributed by atoms with E-state index in [-0.39, 0.29) is 18.4 Å². The standard InChI is InChI=1S/C28H27FN8O/c1-18(19-3-4-19)35-27(38)20-5-6-24(23(29)13-20)36-12-2-8-28(16-36,9-10-30)37-15-21(14-34-37)25-22-7-11-31-26(22)33-17-32-25/h2,5-7,11-15,17-19H,3-4,8-9,16H2,1H3,(H,35,38)(H,31,32,33)/t18-,28?/m0/s1. The fourth-order valence-electron chi connectivity index (χ4n) is 5.21. The molecule has 2 N–H and O–H groups in total. The molecule has 1 aliphatic carbocycles. The fraction of sp³-hybridized carbons (Fsp3) is 0.321. The van der Waals surface area contributed by atoms with Crippen molar-refractivity contribution in [2.24, 2.45) is 5.92 Å². The zero-order chi connectivity index (χ0) is 26.3. The molecule has 6 rings (SSSR count). The molecule has 1 saturated carbocycles. The average Bonchev–Trinajstić information content (AvgIpc) is 3.45. The SMILES string of the molecule is C[C@H](NC(=O)c1ccc(N2C=CCC(CC#N)(n3cc(-c4ncnc5[nH]ccc45)cn3)C2)c(F)c1)C1CC1. The maximum Gasteiger partial charge on any atom is 0.251 e. The normalized spacial score (nSPS) is 19.9. The number of hydrogen-bond acceptors (Lipinski definition) is 6. The quantitative estimate of drug-likeness (QED) is 0.378. The number of carbonyl (C=O) groups excluding carboxylic acids is 1. The lowest BCUT2D eigenvalue weighted by Crippen LogP contribution is -2.46. The number of nitriles is 1. The summed E-state index contributed by atoms with van der Waals surface area (Å²) in [6, 6.07) is 8.84. The number of hydrogen-bond donors (Lipinski definition) is 2. The molecule has 9 nitrogen and oxygen atoms in total. The van der Waals surface area contributed by atoms with Gasteiger partial charge in [-0.2, -0.15) is 10.4 Å². The Labute approximate surface area is 219 Å². The van der Waals surface area contributed by atoms with Crippen molar-refractivity contribution in [3.8, 4) is 17.3 Å². The van der Waals surface area contributed by atoms with Gasteiger partial charge in [-0.3, -0.25) is 9.48 Å².